The molecule has 2 aliphatic rings. The number of alkyl halides is 6. The van der Waals surface area contributed by atoms with Crippen LogP contribution in [0, 0.1) is 13.8 Å². The Bertz CT molecular complexity index is 1230. The van der Waals surface area contributed by atoms with Gasteiger partial charge in [-0.2, -0.15) is 26.3 Å². The van der Waals surface area contributed by atoms with E-state index in [2.05, 4.69) is 9.80 Å². The van der Waals surface area contributed by atoms with E-state index in [0.29, 0.717) is 64.6 Å². The molecule has 2 aromatic carbocycles. The molecule has 0 aliphatic carbocycles. The molecule has 2 aliphatic heterocycles. The van der Waals surface area contributed by atoms with Gasteiger partial charge in [0.2, 0.25) is 0 Å². The Morgan fingerprint density at radius 3 is 2.16 bits per heavy atom. The van der Waals surface area contributed by atoms with Crippen LogP contribution in [-0.2, 0) is 28.2 Å². The van der Waals surface area contributed by atoms with Gasteiger partial charge in [0.05, 0.1) is 37.0 Å². The number of piperazine rings is 1. The third kappa shape index (κ3) is 10.5. The van der Waals surface area contributed by atoms with Crippen LogP contribution < -0.4 is 0 Å². The molecular formula is C31H41Cl2F6N3O3. The maximum Gasteiger partial charge on any atom is 0.416 e. The Kier molecular flexibility index (Phi) is 14.5. The Hall–Kier alpha value is -2.09. The van der Waals surface area contributed by atoms with Crippen LogP contribution in [-0.4, -0.2) is 98.4 Å². The minimum atomic E-state index is -5.03. The standard InChI is InChI=1S/C31H39F6N3O3.2ClH/c1-4-42-19-28-20-43-12-11-39(28)9-7-38-8-10-40(27(18-38)14-23-6-5-21(2)22(3)13-23)29(41)24-15-25(30(32,33)34)17-26(16-24)31(35,36)37;;/h5-6,13,15-17,27-28H,4,7-12,14,18-20H2,1-3H3;2*1H/t27-,28+;;/m1../s1. The second kappa shape index (κ2) is 16.6. The van der Waals surface area contributed by atoms with E-state index in [-0.39, 0.29) is 43.5 Å². The van der Waals surface area contributed by atoms with Crippen molar-refractivity contribution in [2.75, 3.05) is 65.7 Å². The number of halogens is 8. The summed E-state index contributed by atoms with van der Waals surface area (Å²) in [5.74, 6) is -0.838. The largest absolute Gasteiger partial charge is 0.416 e. The van der Waals surface area contributed by atoms with Crippen LogP contribution in [0.25, 0.3) is 0 Å². The summed E-state index contributed by atoms with van der Waals surface area (Å²) < 4.78 is 92.5. The van der Waals surface area contributed by atoms with Gasteiger partial charge in [0.25, 0.3) is 5.91 Å². The number of hydrogen-bond acceptors (Lipinski definition) is 5. The topological polar surface area (TPSA) is 45.3 Å². The van der Waals surface area contributed by atoms with Crippen LogP contribution in [0.1, 0.15) is 45.1 Å². The van der Waals surface area contributed by atoms with Crippen molar-refractivity contribution in [1.29, 1.82) is 0 Å². The molecule has 1 amide bonds. The normalized spacial score (nSPS) is 20.0. The van der Waals surface area contributed by atoms with Gasteiger partial charge in [-0.15, -0.1) is 24.8 Å². The maximum absolute atomic E-state index is 13.7. The third-order valence-corrected chi connectivity index (χ3v) is 8.27. The highest BCUT2D eigenvalue weighted by Gasteiger charge is 2.39. The summed E-state index contributed by atoms with van der Waals surface area (Å²) in [6.07, 6.45) is -9.65. The van der Waals surface area contributed by atoms with Crippen molar-refractivity contribution in [3.63, 3.8) is 0 Å². The molecule has 254 valence electrons. The van der Waals surface area contributed by atoms with Crippen molar-refractivity contribution >= 4 is 30.7 Å². The highest BCUT2D eigenvalue weighted by molar-refractivity contribution is 5.95. The number of morpholine rings is 1. The average molecular weight is 689 g/mol. The molecule has 2 heterocycles. The number of carbonyl (C=O) groups is 1. The number of hydrogen-bond donors (Lipinski definition) is 0. The van der Waals surface area contributed by atoms with E-state index in [1.807, 2.05) is 39.0 Å². The molecule has 0 aromatic heterocycles. The van der Waals surface area contributed by atoms with Crippen molar-refractivity contribution in [3.05, 3.63) is 69.8 Å². The Morgan fingerprint density at radius 1 is 0.889 bits per heavy atom. The summed E-state index contributed by atoms with van der Waals surface area (Å²) in [5, 5.41) is 0. The van der Waals surface area contributed by atoms with E-state index >= 15 is 0 Å². The molecule has 0 spiro atoms. The van der Waals surface area contributed by atoms with Gasteiger partial charge < -0.3 is 14.4 Å². The SMILES string of the molecule is CCOC[C@H]1COCCN1CCN1CCN(C(=O)c2cc(C(F)(F)F)cc(C(F)(F)F)c2)[C@H](Cc2ccc(C)c(C)c2)C1.Cl.Cl. The van der Waals surface area contributed by atoms with Gasteiger partial charge in [-0.3, -0.25) is 14.6 Å². The lowest BCUT2D eigenvalue weighted by Gasteiger charge is -2.43. The Balaban J connectivity index is 0.00000353. The van der Waals surface area contributed by atoms with Crippen LogP contribution in [0.2, 0.25) is 0 Å². The molecule has 14 heteroatoms. The summed E-state index contributed by atoms with van der Waals surface area (Å²) in [6.45, 7) is 11.5. The molecule has 0 unspecified atom stereocenters. The Labute approximate surface area is 272 Å². The fraction of sp³-hybridized carbons (Fsp3) is 0.581. The zero-order valence-corrected chi connectivity index (χ0v) is 27.2. The van der Waals surface area contributed by atoms with Gasteiger partial charge in [-0.1, -0.05) is 18.2 Å². The zero-order valence-electron chi connectivity index (χ0n) is 25.5. The predicted octanol–water partition coefficient (Wildman–Crippen LogP) is 6.29. The monoisotopic (exact) mass is 687 g/mol. The van der Waals surface area contributed by atoms with E-state index in [9.17, 15) is 31.1 Å². The fourth-order valence-electron chi connectivity index (χ4n) is 5.67. The summed E-state index contributed by atoms with van der Waals surface area (Å²) >= 11 is 0. The molecule has 6 nitrogen and oxygen atoms in total. The second-order valence-corrected chi connectivity index (χ2v) is 11.3. The van der Waals surface area contributed by atoms with Crippen LogP contribution in [0.4, 0.5) is 26.3 Å². The van der Waals surface area contributed by atoms with Crippen LogP contribution >= 0.6 is 24.8 Å². The van der Waals surface area contributed by atoms with Gasteiger partial charge >= 0.3 is 12.4 Å². The predicted molar refractivity (Wildman–Crippen MR) is 164 cm³/mol. The molecule has 4 rings (SSSR count). The first kappa shape index (κ1) is 39.1. The Morgan fingerprint density at radius 2 is 1.56 bits per heavy atom. The van der Waals surface area contributed by atoms with Crippen molar-refractivity contribution in [3.8, 4) is 0 Å². The first-order valence-corrected chi connectivity index (χ1v) is 14.5. The molecule has 2 saturated heterocycles. The van der Waals surface area contributed by atoms with E-state index < -0.39 is 41.0 Å². The lowest BCUT2D eigenvalue weighted by molar-refractivity contribution is -0.143. The van der Waals surface area contributed by atoms with Crippen LogP contribution in [0.3, 0.4) is 0 Å². The van der Waals surface area contributed by atoms with Crippen LogP contribution in [0.5, 0.6) is 0 Å². The molecule has 0 saturated carbocycles. The van der Waals surface area contributed by atoms with Crippen molar-refractivity contribution in [1.82, 2.24) is 14.7 Å². The van der Waals surface area contributed by atoms with E-state index in [1.54, 1.807) is 0 Å². The van der Waals surface area contributed by atoms with Crippen molar-refractivity contribution in [2.24, 2.45) is 0 Å². The molecule has 0 N–H and O–H groups in total. The number of benzene rings is 2. The summed E-state index contributed by atoms with van der Waals surface area (Å²) in [6, 6.07) is 6.70. The lowest BCUT2D eigenvalue weighted by Crippen LogP contribution is -2.58. The average Bonchev–Trinajstić information content (AvgIpc) is 2.96. The van der Waals surface area contributed by atoms with E-state index in [0.717, 1.165) is 29.8 Å². The number of rotatable bonds is 9. The van der Waals surface area contributed by atoms with E-state index in [4.69, 9.17) is 9.47 Å². The van der Waals surface area contributed by atoms with Gasteiger partial charge in [-0.05, 0) is 62.1 Å². The molecule has 2 fully saturated rings. The molecule has 0 bridgehead atoms. The number of aryl methyl sites for hydroxylation is 2. The number of carbonyl (C=O) groups excluding carboxylic acids is 1. The zero-order chi connectivity index (χ0) is 31.4. The minimum absolute atomic E-state index is 0. The number of amides is 1. The second-order valence-electron chi connectivity index (χ2n) is 11.3. The van der Waals surface area contributed by atoms with Gasteiger partial charge in [0.1, 0.15) is 0 Å². The first-order valence-electron chi connectivity index (χ1n) is 14.5. The smallest absolute Gasteiger partial charge is 0.380 e. The molecule has 0 radical (unpaired) electrons. The van der Waals surface area contributed by atoms with Gasteiger partial charge in [0, 0.05) is 57.5 Å². The van der Waals surface area contributed by atoms with Gasteiger partial charge in [0.15, 0.2) is 0 Å². The summed E-state index contributed by atoms with van der Waals surface area (Å²) in [7, 11) is 0. The molecule has 2 aromatic rings. The quantitative estimate of drug-likeness (QED) is 0.290. The van der Waals surface area contributed by atoms with E-state index in [1.165, 1.54) is 4.90 Å². The maximum atomic E-state index is 13.7. The first-order chi connectivity index (χ1) is 20.3. The molecular weight excluding hydrogens is 647 g/mol. The highest BCUT2D eigenvalue weighted by Crippen LogP contribution is 2.37. The lowest BCUT2D eigenvalue weighted by atomic mass is 9.97. The van der Waals surface area contributed by atoms with Crippen molar-refractivity contribution < 1.29 is 40.6 Å². The van der Waals surface area contributed by atoms with Gasteiger partial charge in [-0.25, -0.2) is 0 Å². The van der Waals surface area contributed by atoms with Crippen molar-refractivity contribution in [2.45, 2.75) is 51.6 Å². The highest BCUT2D eigenvalue weighted by atomic mass is 35.5. The molecule has 45 heavy (non-hydrogen) atoms. The third-order valence-electron chi connectivity index (χ3n) is 8.27. The fourth-order valence-corrected chi connectivity index (χ4v) is 5.67. The summed E-state index contributed by atoms with van der Waals surface area (Å²) in [4.78, 5) is 19.6. The summed E-state index contributed by atoms with van der Waals surface area (Å²) in [5.41, 5.74) is -0.518. The minimum Gasteiger partial charge on any atom is -0.380 e. The molecule has 2 atom stereocenters. The number of nitrogens with zero attached hydrogens (tertiary/aromatic N) is 3. The number of ether oxygens (including phenoxy) is 2. The van der Waals surface area contributed by atoms with Crippen LogP contribution in [0.15, 0.2) is 36.4 Å².